The molecule has 0 aromatic heterocycles. The van der Waals surface area contributed by atoms with E-state index in [9.17, 15) is 0 Å². The van der Waals surface area contributed by atoms with Gasteiger partial charge in [0.2, 0.25) is 0 Å². The van der Waals surface area contributed by atoms with Crippen molar-refractivity contribution < 1.29 is 0 Å². The van der Waals surface area contributed by atoms with Gasteiger partial charge in [-0.2, -0.15) is 0 Å². The molecule has 0 aliphatic heterocycles. The van der Waals surface area contributed by atoms with Crippen LogP contribution in [0.5, 0.6) is 0 Å². The molecule has 1 unspecified atom stereocenters. The molecule has 1 N–H and O–H groups in total. The predicted octanol–water partition coefficient (Wildman–Crippen LogP) is 4.22. The van der Waals surface area contributed by atoms with Gasteiger partial charge in [-0.15, -0.1) is 6.58 Å². The Morgan fingerprint density at radius 2 is 1.95 bits per heavy atom. The minimum absolute atomic E-state index is 0.344. The van der Waals surface area contributed by atoms with Crippen LogP contribution in [-0.2, 0) is 0 Å². The first-order valence-corrected chi connectivity index (χ1v) is 8.47. The third kappa shape index (κ3) is 4.60. The van der Waals surface area contributed by atoms with Crippen molar-refractivity contribution in [2.45, 2.75) is 77.3 Å². The van der Waals surface area contributed by atoms with Crippen molar-refractivity contribution in [2.24, 2.45) is 5.92 Å². The Labute approximate surface area is 127 Å². The monoisotopic (exact) mass is 280 g/mol. The molecular weight excluding hydrogens is 244 g/mol. The highest BCUT2D eigenvalue weighted by molar-refractivity contribution is 5.03. The largest absolute Gasteiger partial charge is 0.312 e. The van der Waals surface area contributed by atoms with Gasteiger partial charge in [-0.05, 0) is 78.4 Å². The van der Waals surface area contributed by atoms with Crippen LogP contribution in [0.1, 0.15) is 65.7 Å². The Morgan fingerprint density at radius 3 is 2.40 bits per heavy atom. The first-order chi connectivity index (χ1) is 9.42. The number of nitrogens with one attached hydrogen (secondary N) is 1. The zero-order valence-electron chi connectivity index (χ0n) is 14.5. The highest BCUT2D eigenvalue weighted by Gasteiger charge is 2.42. The van der Waals surface area contributed by atoms with Gasteiger partial charge in [0.15, 0.2) is 0 Å². The van der Waals surface area contributed by atoms with Gasteiger partial charge in [0.05, 0.1) is 0 Å². The van der Waals surface area contributed by atoms with Crippen molar-refractivity contribution in [1.29, 1.82) is 0 Å². The van der Waals surface area contributed by atoms with E-state index < -0.39 is 0 Å². The topological polar surface area (TPSA) is 15.3 Å². The smallest absolute Gasteiger partial charge is 0.0356 e. The predicted molar refractivity (Wildman–Crippen MR) is 90.2 cm³/mol. The Hall–Kier alpha value is -0.340. The Bertz CT molecular complexity index is 288. The summed E-state index contributed by atoms with van der Waals surface area (Å²) in [5.41, 5.74) is 1.66. The maximum Gasteiger partial charge on any atom is 0.0356 e. The first-order valence-electron chi connectivity index (χ1n) is 8.47. The highest BCUT2D eigenvalue weighted by atomic mass is 15.2. The van der Waals surface area contributed by atoms with Crippen molar-refractivity contribution in [1.82, 2.24) is 10.2 Å². The highest BCUT2D eigenvalue weighted by Crippen LogP contribution is 2.39. The lowest BCUT2D eigenvalue weighted by Crippen LogP contribution is -2.60. The number of hydrogen-bond donors (Lipinski definition) is 1. The van der Waals surface area contributed by atoms with Gasteiger partial charge in [0.25, 0.3) is 0 Å². The third-order valence-electron chi connectivity index (χ3n) is 5.18. The lowest BCUT2D eigenvalue weighted by molar-refractivity contribution is 0.0405. The lowest BCUT2D eigenvalue weighted by atomic mass is 9.70. The molecule has 20 heavy (non-hydrogen) atoms. The molecule has 0 aromatic carbocycles. The summed E-state index contributed by atoms with van der Waals surface area (Å²) in [6.45, 7) is 12.0. The summed E-state index contributed by atoms with van der Waals surface area (Å²) in [4.78, 5) is 2.50. The standard InChI is InChI=1S/C18H36N2/c1-7-14-19-17(9-8-15(2)3)18(20(5)6)12-10-16(4)11-13-18/h16-17,19H,2,7-14H2,1,3-6H3. The number of likely N-dealkylation sites (N-methyl/N-ethyl adjacent to an activating group) is 1. The summed E-state index contributed by atoms with van der Waals surface area (Å²) < 4.78 is 0. The molecule has 0 aromatic rings. The normalized spacial score (nSPS) is 28.6. The van der Waals surface area contributed by atoms with Crippen LogP contribution < -0.4 is 5.32 Å². The minimum atomic E-state index is 0.344. The molecule has 1 saturated carbocycles. The lowest BCUT2D eigenvalue weighted by Gasteiger charge is -2.50. The van der Waals surface area contributed by atoms with E-state index in [4.69, 9.17) is 0 Å². The zero-order valence-corrected chi connectivity index (χ0v) is 14.5. The van der Waals surface area contributed by atoms with Crippen molar-refractivity contribution in [3.63, 3.8) is 0 Å². The second-order valence-corrected chi connectivity index (χ2v) is 7.18. The maximum absolute atomic E-state index is 4.09. The van der Waals surface area contributed by atoms with Gasteiger partial charge in [0, 0.05) is 11.6 Å². The van der Waals surface area contributed by atoms with Crippen LogP contribution in [0.2, 0.25) is 0 Å². The summed E-state index contributed by atoms with van der Waals surface area (Å²) >= 11 is 0. The molecule has 118 valence electrons. The molecule has 1 aliphatic carbocycles. The van der Waals surface area contributed by atoms with Gasteiger partial charge >= 0.3 is 0 Å². The van der Waals surface area contributed by atoms with E-state index in [1.54, 1.807) is 0 Å². The van der Waals surface area contributed by atoms with E-state index in [1.807, 2.05) is 0 Å². The Morgan fingerprint density at radius 1 is 1.35 bits per heavy atom. The van der Waals surface area contributed by atoms with Crippen molar-refractivity contribution >= 4 is 0 Å². The van der Waals surface area contributed by atoms with Crippen LogP contribution in [-0.4, -0.2) is 37.1 Å². The Kier molecular flexibility index (Phi) is 7.25. The van der Waals surface area contributed by atoms with E-state index in [2.05, 4.69) is 51.7 Å². The van der Waals surface area contributed by atoms with Crippen LogP contribution in [0.15, 0.2) is 12.2 Å². The molecule has 2 heteroatoms. The van der Waals surface area contributed by atoms with Crippen LogP contribution in [0, 0.1) is 5.92 Å². The molecular formula is C18H36N2. The molecule has 1 fully saturated rings. The van der Waals surface area contributed by atoms with Gasteiger partial charge in [0.1, 0.15) is 0 Å². The molecule has 0 spiro atoms. The molecule has 1 atom stereocenters. The van der Waals surface area contributed by atoms with E-state index in [-0.39, 0.29) is 0 Å². The molecule has 1 rings (SSSR count). The van der Waals surface area contributed by atoms with Crippen molar-refractivity contribution in [2.75, 3.05) is 20.6 Å². The summed E-state index contributed by atoms with van der Waals surface area (Å²) in [6.07, 6.45) is 8.99. The van der Waals surface area contributed by atoms with Gasteiger partial charge in [-0.1, -0.05) is 19.4 Å². The zero-order chi connectivity index (χ0) is 15.2. The van der Waals surface area contributed by atoms with Crippen molar-refractivity contribution in [3.8, 4) is 0 Å². The summed E-state index contributed by atoms with van der Waals surface area (Å²) in [6, 6.07) is 0.599. The third-order valence-corrected chi connectivity index (χ3v) is 5.18. The second-order valence-electron chi connectivity index (χ2n) is 7.18. The number of hydrogen-bond acceptors (Lipinski definition) is 2. The second kappa shape index (κ2) is 8.19. The average molecular weight is 281 g/mol. The minimum Gasteiger partial charge on any atom is -0.312 e. The fraction of sp³-hybridized carbons (Fsp3) is 0.889. The van der Waals surface area contributed by atoms with E-state index in [0.717, 1.165) is 18.9 Å². The summed E-state index contributed by atoms with van der Waals surface area (Å²) in [7, 11) is 4.55. The van der Waals surface area contributed by atoms with Crippen molar-refractivity contribution in [3.05, 3.63) is 12.2 Å². The fourth-order valence-corrected chi connectivity index (χ4v) is 3.64. The molecule has 0 radical (unpaired) electrons. The van der Waals surface area contributed by atoms with Gasteiger partial charge in [-0.25, -0.2) is 0 Å². The van der Waals surface area contributed by atoms with E-state index in [0.29, 0.717) is 11.6 Å². The van der Waals surface area contributed by atoms with Crippen LogP contribution in [0.3, 0.4) is 0 Å². The number of nitrogens with zero attached hydrogens (tertiary/aromatic N) is 1. The van der Waals surface area contributed by atoms with Gasteiger partial charge in [-0.3, -0.25) is 0 Å². The number of allylic oxidation sites excluding steroid dienone is 1. The molecule has 2 nitrogen and oxygen atoms in total. The van der Waals surface area contributed by atoms with Crippen LogP contribution in [0.25, 0.3) is 0 Å². The Balaban J connectivity index is 2.82. The summed E-state index contributed by atoms with van der Waals surface area (Å²) in [5.74, 6) is 0.899. The van der Waals surface area contributed by atoms with E-state index >= 15 is 0 Å². The number of rotatable bonds is 8. The van der Waals surface area contributed by atoms with Gasteiger partial charge < -0.3 is 10.2 Å². The SMILES string of the molecule is C=C(C)CCC(NCCC)C1(N(C)C)CCC(C)CC1. The molecule has 0 heterocycles. The quantitative estimate of drug-likeness (QED) is 0.670. The van der Waals surface area contributed by atoms with E-state index in [1.165, 1.54) is 44.1 Å². The maximum atomic E-state index is 4.09. The molecule has 0 saturated heterocycles. The fourth-order valence-electron chi connectivity index (χ4n) is 3.64. The molecule has 1 aliphatic rings. The van der Waals surface area contributed by atoms with Crippen LogP contribution >= 0.6 is 0 Å². The average Bonchev–Trinajstić information content (AvgIpc) is 2.40. The first kappa shape index (κ1) is 17.7. The molecule has 0 amide bonds. The molecule has 0 bridgehead atoms. The summed E-state index contributed by atoms with van der Waals surface area (Å²) in [5, 5.41) is 3.85. The van der Waals surface area contributed by atoms with Crippen LogP contribution in [0.4, 0.5) is 0 Å².